The van der Waals surface area contributed by atoms with E-state index in [0.717, 1.165) is 28.1 Å². The molecule has 2 aromatic carbocycles. The van der Waals surface area contributed by atoms with Crippen LogP contribution in [0.5, 0.6) is 5.75 Å². The number of ether oxygens (including phenoxy) is 1. The third kappa shape index (κ3) is 3.39. The summed E-state index contributed by atoms with van der Waals surface area (Å²) >= 11 is 1.56. The molecular formula is C19H17N5O2S. The second-order valence-corrected chi connectivity index (χ2v) is 6.78. The molecule has 0 radical (unpaired) electrons. The van der Waals surface area contributed by atoms with Crippen LogP contribution in [0, 0.1) is 6.92 Å². The quantitative estimate of drug-likeness (QED) is 0.533. The molecule has 7 nitrogen and oxygen atoms in total. The van der Waals surface area contributed by atoms with Gasteiger partial charge >= 0.3 is 5.69 Å². The molecule has 0 aliphatic rings. The summed E-state index contributed by atoms with van der Waals surface area (Å²) in [5.74, 6) is 0.737. The molecular weight excluding hydrogens is 362 g/mol. The maximum atomic E-state index is 12.2. The van der Waals surface area contributed by atoms with E-state index in [1.807, 2.05) is 54.8 Å². The minimum atomic E-state index is -0.299. The summed E-state index contributed by atoms with van der Waals surface area (Å²) in [7, 11) is 1.57. The van der Waals surface area contributed by atoms with Gasteiger partial charge in [0.15, 0.2) is 0 Å². The first-order valence-electron chi connectivity index (χ1n) is 8.33. The van der Waals surface area contributed by atoms with Gasteiger partial charge in [0.2, 0.25) is 0 Å². The summed E-state index contributed by atoms with van der Waals surface area (Å²) in [6.07, 6.45) is 0. The van der Waals surface area contributed by atoms with Crippen molar-refractivity contribution in [3.8, 4) is 22.7 Å². The third-order valence-electron chi connectivity index (χ3n) is 4.28. The number of tetrazole rings is 1. The standard InChI is InChI=1S/C19H17N5O2S/c1-13-5-3-8-18(24-19(25)23(2)21-22-24)16(13)10-26-15-7-4-6-14(9-15)17-11-27-12-20-17/h3-9,11-12H,10H2,1-2H3. The van der Waals surface area contributed by atoms with Gasteiger partial charge in [-0.15, -0.1) is 11.3 Å². The number of benzene rings is 2. The Labute approximate surface area is 159 Å². The number of aryl methyl sites for hydroxylation is 2. The highest BCUT2D eigenvalue weighted by Gasteiger charge is 2.13. The number of nitrogens with zero attached hydrogens (tertiary/aromatic N) is 5. The lowest BCUT2D eigenvalue weighted by molar-refractivity contribution is 0.305. The molecule has 0 N–H and O–H groups in total. The maximum Gasteiger partial charge on any atom is 0.368 e. The van der Waals surface area contributed by atoms with Crippen molar-refractivity contribution in [3.05, 3.63) is 75.0 Å². The first kappa shape index (κ1) is 17.2. The van der Waals surface area contributed by atoms with Gasteiger partial charge in [-0.3, -0.25) is 0 Å². The van der Waals surface area contributed by atoms with Gasteiger partial charge in [-0.25, -0.2) is 9.78 Å². The van der Waals surface area contributed by atoms with Crippen LogP contribution in [0.25, 0.3) is 16.9 Å². The average molecular weight is 379 g/mol. The van der Waals surface area contributed by atoms with Gasteiger partial charge in [0.1, 0.15) is 12.4 Å². The Morgan fingerprint density at radius 2 is 2.00 bits per heavy atom. The number of rotatable bonds is 5. The zero-order chi connectivity index (χ0) is 18.8. The molecule has 27 heavy (non-hydrogen) atoms. The molecule has 0 saturated carbocycles. The van der Waals surface area contributed by atoms with Gasteiger partial charge in [-0.2, -0.15) is 9.36 Å². The number of hydrogen-bond acceptors (Lipinski definition) is 6. The van der Waals surface area contributed by atoms with Crippen LogP contribution in [0.1, 0.15) is 11.1 Å². The van der Waals surface area contributed by atoms with Gasteiger partial charge < -0.3 is 4.74 Å². The summed E-state index contributed by atoms with van der Waals surface area (Å²) in [6, 6.07) is 13.5. The Balaban J connectivity index is 1.63. The summed E-state index contributed by atoms with van der Waals surface area (Å²) < 4.78 is 8.51. The van der Waals surface area contributed by atoms with E-state index in [1.54, 1.807) is 23.9 Å². The lowest BCUT2D eigenvalue weighted by Crippen LogP contribution is -2.23. The third-order valence-corrected chi connectivity index (χ3v) is 4.87. The van der Waals surface area contributed by atoms with Gasteiger partial charge in [-0.05, 0) is 41.1 Å². The summed E-state index contributed by atoms with van der Waals surface area (Å²) in [5, 5.41) is 9.74. The Hall–Kier alpha value is -3.26. The molecule has 0 aliphatic carbocycles. The Bertz CT molecular complexity index is 1130. The minimum absolute atomic E-state index is 0.299. The largest absolute Gasteiger partial charge is 0.489 e. The fourth-order valence-electron chi connectivity index (χ4n) is 2.79. The SMILES string of the molecule is Cc1cccc(-n2nnn(C)c2=O)c1COc1cccc(-c2cscn2)c1. The molecule has 0 amide bonds. The van der Waals surface area contributed by atoms with Crippen LogP contribution in [-0.4, -0.2) is 24.8 Å². The highest BCUT2D eigenvalue weighted by molar-refractivity contribution is 7.07. The van der Waals surface area contributed by atoms with Crippen LogP contribution in [0.3, 0.4) is 0 Å². The summed E-state index contributed by atoms with van der Waals surface area (Å²) in [6.45, 7) is 2.29. The normalized spacial score (nSPS) is 10.9. The van der Waals surface area contributed by atoms with E-state index in [4.69, 9.17) is 4.74 Å². The van der Waals surface area contributed by atoms with Crippen molar-refractivity contribution in [1.29, 1.82) is 0 Å². The molecule has 0 bridgehead atoms. The molecule has 0 spiro atoms. The molecule has 8 heteroatoms. The van der Waals surface area contributed by atoms with E-state index < -0.39 is 0 Å². The Morgan fingerprint density at radius 1 is 1.15 bits per heavy atom. The monoisotopic (exact) mass is 379 g/mol. The average Bonchev–Trinajstić information content (AvgIpc) is 3.32. The van der Waals surface area contributed by atoms with Gasteiger partial charge in [0.05, 0.1) is 16.9 Å². The van der Waals surface area contributed by atoms with Gasteiger partial charge in [-0.1, -0.05) is 24.3 Å². The van der Waals surface area contributed by atoms with E-state index in [9.17, 15) is 4.79 Å². The molecule has 4 rings (SSSR count). The first-order chi connectivity index (χ1) is 13.1. The van der Waals surface area contributed by atoms with Gasteiger partial charge in [0.25, 0.3) is 0 Å². The van der Waals surface area contributed by atoms with Crippen molar-refractivity contribution in [2.24, 2.45) is 7.05 Å². The maximum absolute atomic E-state index is 12.2. The van der Waals surface area contributed by atoms with Crippen LogP contribution in [0.4, 0.5) is 0 Å². The molecule has 2 aromatic heterocycles. The van der Waals surface area contributed by atoms with Gasteiger partial charge in [0, 0.05) is 23.6 Å². The van der Waals surface area contributed by atoms with Crippen LogP contribution in [-0.2, 0) is 13.7 Å². The van der Waals surface area contributed by atoms with Crippen molar-refractivity contribution in [3.63, 3.8) is 0 Å². The van der Waals surface area contributed by atoms with Crippen molar-refractivity contribution < 1.29 is 4.74 Å². The minimum Gasteiger partial charge on any atom is -0.489 e. The summed E-state index contributed by atoms with van der Waals surface area (Å²) in [5.41, 5.74) is 6.01. The van der Waals surface area contributed by atoms with Crippen LogP contribution < -0.4 is 10.4 Å². The molecule has 0 unspecified atom stereocenters. The zero-order valence-corrected chi connectivity index (χ0v) is 15.7. The highest BCUT2D eigenvalue weighted by atomic mass is 32.1. The van der Waals surface area contributed by atoms with E-state index in [2.05, 4.69) is 15.4 Å². The van der Waals surface area contributed by atoms with Crippen molar-refractivity contribution in [2.45, 2.75) is 13.5 Å². The summed E-state index contributed by atoms with van der Waals surface area (Å²) in [4.78, 5) is 16.6. The lowest BCUT2D eigenvalue weighted by atomic mass is 10.1. The Morgan fingerprint density at radius 3 is 2.74 bits per heavy atom. The first-order valence-corrected chi connectivity index (χ1v) is 9.27. The molecule has 0 fully saturated rings. The lowest BCUT2D eigenvalue weighted by Gasteiger charge is -2.13. The van der Waals surface area contributed by atoms with E-state index in [-0.39, 0.29) is 5.69 Å². The van der Waals surface area contributed by atoms with E-state index in [1.165, 1.54) is 9.36 Å². The smallest absolute Gasteiger partial charge is 0.368 e. The second-order valence-electron chi connectivity index (χ2n) is 6.06. The predicted octanol–water partition coefficient (Wildman–Crippen LogP) is 2.98. The zero-order valence-electron chi connectivity index (χ0n) is 14.9. The fourth-order valence-corrected chi connectivity index (χ4v) is 3.35. The Kier molecular flexibility index (Phi) is 4.55. The topological polar surface area (TPSA) is 74.8 Å². The molecule has 4 aromatic rings. The molecule has 136 valence electrons. The van der Waals surface area contributed by atoms with Crippen molar-refractivity contribution >= 4 is 11.3 Å². The highest BCUT2D eigenvalue weighted by Crippen LogP contribution is 2.25. The van der Waals surface area contributed by atoms with E-state index in [0.29, 0.717) is 12.3 Å². The van der Waals surface area contributed by atoms with Crippen LogP contribution >= 0.6 is 11.3 Å². The second kappa shape index (κ2) is 7.16. The van der Waals surface area contributed by atoms with Crippen molar-refractivity contribution in [1.82, 2.24) is 24.8 Å². The van der Waals surface area contributed by atoms with Crippen LogP contribution in [0.15, 0.2) is 58.1 Å². The van der Waals surface area contributed by atoms with Crippen molar-refractivity contribution in [2.75, 3.05) is 0 Å². The number of thiazole rings is 1. The molecule has 0 saturated heterocycles. The molecule has 0 atom stereocenters. The van der Waals surface area contributed by atoms with Crippen LogP contribution in [0.2, 0.25) is 0 Å². The fraction of sp³-hybridized carbons (Fsp3) is 0.158. The molecule has 0 aliphatic heterocycles. The van der Waals surface area contributed by atoms with E-state index >= 15 is 0 Å². The molecule has 2 heterocycles. The number of hydrogen-bond donors (Lipinski definition) is 0. The number of aromatic nitrogens is 5. The predicted molar refractivity (Wildman–Crippen MR) is 103 cm³/mol.